The Balaban J connectivity index is 1.70. The highest BCUT2D eigenvalue weighted by molar-refractivity contribution is 6.30. The third-order valence-corrected chi connectivity index (χ3v) is 4.00. The van der Waals surface area contributed by atoms with Crippen LogP contribution in [0.3, 0.4) is 0 Å². The van der Waals surface area contributed by atoms with Crippen LogP contribution in [-0.4, -0.2) is 10.9 Å². The number of halogens is 1. The van der Waals surface area contributed by atoms with E-state index in [1.165, 1.54) is 0 Å². The molecule has 126 valence electrons. The van der Waals surface area contributed by atoms with Gasteiger partial charge >= 0.3 is 0 Å². The Morgan fingerprint density at radius 3 is 2.68 bits per heavy atom. The van der Waals surface area contributed by atoms with Gasteiger partial charge in [0.05, 0.1) is 0 Å². The van der Waals surface area contributed by atoms with E-state index in [4.69, 9.17) is 11.6 Å². The first-order valence-electron chi connectivity index (χ1n) is 7.93. The molecule has 0 radical (unpaired) electrons. The van der Waals surface area contributed by atoms with Crippen LogP contribution in [-0.2, 0) is 6.54 Å². The first kappa shape index (κ1) is 17.0. The number of aromatic nitrogens is 1. The molecule has 5 heteroatoms. The highest BCUT2D eigenvalue weighted by Gasteiger charge is 2.08. The molecule has 1 aromatic heterocycles. The molecule has 0 aliphatic heterocycles. The van der Waals surface area contributed by atoms with Crippen molar-refractivity contribution in [2.75, 3.05) is 5.32 Å². The van der Waals surface area contributed by atoms with Crippen molar-refractivity contribution in [3.8, 4) is 0 Å². The summed E-state index contributed by atoms with van der Waals surface area (Å²) in [5.41, 5.74) is 4.15. The molecule has 0 saturated carbocycles. The second-order valence-electron chi connectivity index (χ2n) is 5.68. The van der Waals surface area contributed by atoms with Gasteiger partial charge in [-0.2, -0.15) is 0 Å². The van der Waals surface area contributed by atoms with E-state index in [0.29, 0.717) is 17.3 Å². The summed E-state index contributed by atoms with van der Waals surface area (Å²) in [6.07, 6.45) is 1.61. The van der Waals surface area contributed by atoms with Crippen LogP contribution < -0.4 is 10.6 Å². The molecule has 0 saturated heterocycles. The maximum atomic E-state index is 12.3. The molecule has 0 bridgehead atoms. The standard InChI is InChI=1S/C20H18ClN3O/c1-14-7-8-16(21)11-18(14)24-17-9-10-22-19(12-17)20(25)23-13-15-5-3-2-4-6-15/h2-12H,13H2,1H3,(H,22,24)(H,23,25). The molecule has 0 aliphatic rings. The lowest BCUT2D eigenvalue weighted by atomic mass is 10.2. The van der Waals surface area contributed by atoms with Gasteiger partial charge < -0.3 is 10.6 Å². The third kappa shape index (κ3) is 4.58. The van der Waals surface area contributed by atoms with E-state index < -0.39 is 0 Å². The van der Waals surface area contributed by atoms with E-state index in [2.05, 4.69) is 15.6 Å². The molecule has 0 fully saturated rings. The zero-order chi connectivity index (χ0) is 17.6. The summed E-state index contributed by atoms with van der Waals surface area (Å²) in [7, 11) is 0. The van der Waals surface area contributed by atoms with Crippen molar-refractivity contribution in [3.05, 3.63) is 88.7 Å². The number of nitrogens with one attached hydrogen (secondary N) is 2. The molecule has 3 rings (SSSR count). The molecule has 0 atom stereocenters. The number of pyridine rings is 1. The van der Waals surface area contributed by atoms with Gasteiger partial charge in [-0.25, -0.2) is 0 Å². The van der Waals surface area contributed by atoms with Crippen molar-refractivity contribution >= 4 is 28.9 Å². The lowest BCUT2D eigenvalue weighted by Gasteiger charge is -2.11. The molecule has 0 aliphatic carbocycles. The van der Waals surface area contributed by atoms with Gasteiger partial charge in [0.1, 0.15) is 5.69 Å². The molecule has 1 amide bonds. The molecule has 3 aromatic rings. The van der Waals surface area contributed by atoms with Gasteiger partial charge in [0.25, 0.3) is 5.91 Å². The number of anilines is 2. The van der Waals surface area contributed by atoms with Crippen LogP contribution in [0.5, 0.6) is 0 Å². The SMILES string of the molecule is Cc1ccc(Cl)cc1Nc1ccnc(C(=O)NCc2ccccc2)c1. The average molecular weight is 352 g/mol. The Hall–Kier alpha value is -2.85. The number of benzene rings is 2. The molecule has 0 unspecified atom stereocenters. The van der Waals surface area contributed by atoms with E-state index in [-0.39, 0.29) is 5.91 Å². The van der Waals surface area contributed by atoms with Gasteiger partial charge in [0.15, 0.2) is 0 Å². The van der Waals surface area contributed by atoms with Gasteiger partial charge in [-0.05, 0) is 42.3 Å². The van der Waals surface area contributed by atoms with Crippen molar-refractivity contribution in [2.24, 2.45) is 0 Å². The summed E-state index contributed by atoms with van der Waals surface area (Å²) in [4.78, 5) is 16.5. The molecule has 1 heterocycles. The zero-order valence-electron chi connectivity index (χ0n) is 13.8. The lowest BCUT2D eigenvalue weighted by molar-refractivity contribution is 0.0946. The molecule has 25 heavy (non-hydrogen) atoms. The maximum Gasteiger partial charge on any atom is 0.270 e. The van der Waals surface area contributed by atoms with Gasteiger partial charge in [-0.1, -0.05) is 48.0 Å². The largest absolute Gasteiger partial charge is 0.355 e. The predicted molar refractivity (Wildman–Crippen MR) is 101 cm³/mol. The third-order valence-electron chi connectivity index (χ3n) is 3.77. The Kier molecular flexibility index (Phi) is 5.31. The molecule has 2 N–H and O–H groups in total. The van der Waals surface area contributed by atoms with Crippen LogP contribution in [0.25, 0.3) is 0 Å². The van der Waals surface area contributed by atoms with E-state index >= 15 is 0 Å². The van der Waals surface area contributed by atoms with E-state index in [0.717, 1.165) is 22.5 Å². The van der Waals surface area contributed by atoms with E-state index in [1.54, 1.807) is 12.3 Å². The first-order chi connectivity index (χ1) is 12.1. The van der Waals surface area contributed by atoms with Gasteiger partial charge in [-0.15, -0.1) is 0 Å². The van der Waals surface area contributed by atoms with Crippen LogP contribution in [0.4, 0.5) is 11.4 Å². The Morgan fingerprint density at radius 1 is 1.08 bits per heavy atom. The minimum Gasteiger partial charge on any atom is -0.355 e. The fraction of sp³-hybridized carbons (Fsp3) is 0.100. The Morgan fingerprint density at radius 2 is 1.88 bits per heavy atom. The number of carbonyl (C=O) groups excluding carboxylic acids is 1. The maximum absolute atomic E-state index is 12.3. The predicted octanol–water partition coefficient (Wildman–Crippen LogP) is 4.72. The minimum absolute atomic E-state index is 0.213. The fourth-order valence-corrected chi connectivity index (χ4v) is 2.56. The smallest absolute Gasteiger partial charge is 0.270 e. The number of hydrogen-bond acceptors (Lipinski definition) is 3. The second-order valence-corrected chi connectivity index (χ2v) is 6.12. The van der Waals surface area contributed by atoms with Crippen molar-refractivity contribution in [1.82, 2.24) is 10.3 Å². The minimum atomic E-state index is -0.213. The molecular weight excluding hydrogens is 334 g/mol. The van der Waals surface area contributed by atoms with E-state index in [1.807, 2.05) is 61.5 Å². The number of aryl methyl sites for hydroxylation is 1. The zero-order valence-corrected chi connectivity index (χ0v) is 14.5. The molecule has 0 spiro atoms. The summed E-state index contributed by atoms with van der Waals surface area (Å²) in [6.45, 7) is 2.46. The Labute approximate surface area is 151 Å². The van der Waals surface area contributed by atoms with Crippen molar-refractivity contribution in [3.63, 3.8) is 0 Å². The molecule has 2 aromatic carbocycles. The normalized spacial score (nSPS) is 10.3. The summed E-state index contributed by atoms with van der Waals surface area (Å²) in [5.74, 6) is -0.213. The quantitative estimate of drug-likeness (QED) is 0.699. The van der Waals surface area contributed by atoms with Crippen molar-refractivity contribution in [1.29, 1.82) is 0 Å². The lowest BCUT2D eigenvalue weighted by Crippen LogP contribution is -2.23. The summed E-state index contributed by atoms with van der Waals surface area (Å²) >= 11 is 6.05. The number of amides is 1. The average Bonchev–Trinajstić information content (AvgIpc) is 2.64. The number of hydrogen-bond donors (Lipinski definition) is 2. The van der Waals surface area contributed by atoms with Gasteiger partial charge in [0, 0.05) is 29.1 Å². The topological polar surface area (TPSA) is 54.0 Å². The number of nitrogens with zero attached hydrogens (tertiary/aromatic N) is 1. The van der Waals surface area contributed by atoms with Crippen LogP contribution in [0.2, 0.25) is 5.02 Å². The number of carbonyl (C=O) groups is 1. The molecular formula is C20H18ClN3O. The highest BCUT2D eigenvalue weighted by atomic mass is 35.5. The van der Waals surface area contributed by atoms with Crippen LogP contribution in [0.1, 0.15) is 21.6 Å². The van der Waals surface area contributed by atoms with Crippen molar-refractivity contribution < 1.29 is 4.79 Å². The van der Waals surface area contributed by atoms with Crippen LogP contribution in [0, 0.1) is 6.92 Å². The number of rotatable bonds is 5. The molecule has 4 nitrogen and oxygen atoms in total. The van der Waals surface area contributed by atoms with E-state index in [9.17, 15) is 4.79 Å². The highest BCUT2D eigenvalue weighted by Crippen LogP contribution is 2.24. The van der Waals surface area contributed by atoms with Crippen LogP contribution in [0.15, 0.2) is 66.9 Å². The van der Waals surface area contributed by atoms with Crippen LogP contribution >= 0.6 is 11.6 Å². The Bertz CT molecular complexity index is 881. The second kappa shape index (κ2) is 7.81. The van der Waals surface area contributed by atoms with Gasteiger partial charge in [0.2, 0.25) is 0 Å². The van der Waals surface area contributed by atoms with Gasteiger partial charge in [-0.3, -0.25) is 9.78 Å². The fourth-order valence-electron chi connectivity index (χ4n) is 2.39. The summed E-state index contributed by atoms with van der Waals surface area (Å²) < 4.78 is 0. The van der Waals surface area contributed by atoms with Crippen molar-refractivity contribution in [2.45, 2.75) is 13.5 Å². The summed E-state index contributed by atoms with van der Waals surface area (Å²) in [5, 5.41) is 6.81. The monoisotopic (exact) mass is 351 g/mol. The summed E-state index contributed by atoms with van der Waals surface area (Å²) in [6, 6.07) is 18.9. The first-order valence-corrected chi connectivity index (χ1v) is 8.31.